The predicted molar refractivity (Wildman–Crippen MR) is 93.1 cm³/mol. The van der Waals surface area contributed by atoms with Gasteiger partial charge in [0.15, 0.2) is 0 Å². The topological polar surface area (TPSA) is 113 Å². The number of aryl methyl sites for hydroxylation is 1. The van der Waals surface area contributed by atoms with Crippen molar-refractivity contribution in [2.24, 2.45) is 0 Å². The van der Waals surface area contributed by atoms with Crippen LogP contribution in [0.15, 0.2) is 48.5 Å². The minimum absolute atomic E-state index is 0.0394. The first-order chi connectivity index (χ1) is 11.9. The summed E-state index contributed by atoms with van der Waals surface area (Å²) in [6, 6.07) is 12.8. The molecule has 0 atom stereocenters. The van der Waals surface area contributed by atoms with Gasteiger partial charge >= 0.3 is 6.03 Å². The second kappa shape index (κ2) is 8.44. The minimum atomic E-state index is -0.498. The van der Waals surface area contributed by atoms with Crippen LogP contribution in [0.4, 0.5) is 16.2 Å². The molecule has 0 aliphatic heterocycles. The fourth-order valence-electron chi connectivity index (χ4n) is 2.10. The number of benzene rings is 2. The van der Waals surface area contributed by atoms with E-state index in [2.05, 4.69) is 16.0 Å². The van der Waals surface area contributed by atoms with Gasteiger partial charge in [0.1, 0.15) is 0 Å². The number of hydrogen-bond acceptors (Lipinski definition) is 4. The SMILES string of the molecule is Cc1cccc(NC(=O)NCC(=O)NCc2cccc([N+](=O)[O-])c2)c1. The quantitative estimate of drug-likeness (QED) is 0.552. The number of nitro groups is 1. The van der Waals surface area contributed by atoms with Gasteiger partial charge < -0.3 is 16.0 Å². The highest BCUT2D eigenvalue weighted by Gasteiger charge is 2.08. The Kier molecular flexibility index (Phi) is 6.05. The molecule has 0 saturated heterocycles. The molecule has 8 nitrogen and oxygen atoms in total. The van der Waals surface area contributed by atoms with E-state index in [0.29, 0.717) is 11.3 Å². The highest BCUT2D eigenvalue weighted by Crippen LogP contribution is 2.12. The number of amides is 3. The average molecular weight is 342 g/mol. The van der Waals surface area contributed by atoms with Crippen LogP contribution in [0, 0.1) is 17.0 Å². The summed E-state index contributed by atoms with van der Waals surface area (Å²) in [6.07, 6.45) is 0. The molecule has 2 rings (SSSR count). The lowest BCUT2D eigenvalue weighted by Gasteiger charge is -2.09. The fourth-order valence-corrected chi connectivity index (χ4v) is 2.10. The van der Waals surface area contributed by atoms with E-state index in [0.717, 1.165) is 5.56 Å². The first kappa shape index (κ1) is 17.9. The molecule has 0 saturated carbocycles. The summed E-state index contributed by atoms with van der Waals surface area (Å²) in [6.45, 7) is 1.85. The first-order valence-corrected chi connectivity index (χ1v) is 7.55. The summed E-state index contributed by atoms with van der Waals surface area (Å²) in [7, 11) is 0. The van der Waals surface area contributed by atoms with Gasteiger partial charge in [-0.25, -0.2) is 4.79 Å². The molecule has 0 aliphatic rings. The molecule has 0 fully saturated rings. The lowest BCUT2D eigenvalue weighted by molar-refractivity contribution is -0.384. The summed E-state index contributed by atoms with van der Waals surface area (Å²) in [5, 5.41) is 18.4. The molecular formula is C17H18N4O4. The Labute approximate surface area is 144 Å². The first-order valence-electron chi connectivity index (χ1n) is 7.55. The lowest BCUT2D eigenvalue weighted by atomic mass is 10.2. The molecule has 0 heterocycles. The maximum atomic E-state index is 11.8. The Morgan fingerprint density at radius 1 is 1.08 bits per heavy atom. The molecule has 3 N–H and O–H groups in total. The van der Waals surface area contributed by atoms with E-state index in [1.165, 1.54) is 12.1 Å². The molecule has 3 amide bonds. The Hall–Kier alpha value is -3.42. The van der Waals surface area contributed by atoms with Crippen molar-refractivity contribution in [1.82, 2.24) is 10.6 Å². The van der Waals surface area contributed by atoms with Crippen LogP contribution in [-0.4, -0.2) is 23.4 Å². The van der Waals surface area contributed by atoms with Gasteiger partial charge in [0.25, 0.3) is 5.69 Å². The van der Waals surface area contributed by atoms with Crippen LogP contribution in [0.25, 0.3) is 0 Å². The molecule has 2 aromatic carbocycles. The summed E-state index contributed by atoms with van der Waals surface area (Å²) >= 11 is 0. The van der Waals surface area contributed by atoms with Crippen molar-refractivity contribution in [1.29, 1.82) is 0 Å². The van der Waals surface area contributed by atoms with E-state index in [-0.39, 0.29) is 18.8 Å². The zero-order valence-electron chi connectivity index (χ0n) is 13.6. The van der Waals surface area contributed by atoms with Crippen molar-refractivity contribution in [3.05, 3.63) is 69.8 Å². The molecule has 25 heavy (non-hydrogen) atoms. The van der Waals surface area contributed by atoms with Gasteiger partial charge in [-0.15, -0.1) is 0 Å². The molecule has 0 spiro atoms. The summed E-state index contributed by atoms with van der Waals surface area (Å²) < 4.78 is 0. The Balaban J connectivity index is 1.76. The van der Waals surface area contributed by atoms with Crippen molar-refractivity contribution >= 4 is 23.3 Å². The van der Waals surface area contributed by atoms with E-state index in [1.807, 2.05) is 25.1 Å². The maximum Gasteiger partial charge on any atom is 0.319 e. The number of nitro benzene ring substituents is 1. The zero-order valence-corrected chi connectivity index (χ0v) is 13.6. The second-order valence-electron chi connectivity index (χ2n) is 5.38. The third kappa shape index (κ3) is 5.94. The Bertz CT molecular complexity index is 792. The third-order valence-corrected chi connectivity index (χ3v) is 3.30. The summed E-state index contributed by atoms with van der Waals surface area (Å²) in [5.74, 6) is -0.397. The Morgan fingerprint density at radius 2 is 1.84 bits per heavy atom. The van der Waals surface area contributed by atoms with Crippen LogP contribution in [0.2, 0.25) is 0 Å². The van der Waals surface area contributed by atoms with Crippen LogP contribution in [0.1, 0.15) is 11.1 Å². The molecule has 130 valence electrons. The van der Waals surface area contributed by atoms with Gasteiger partial charge in [0, 0.05) is 24.4 Å². The van der Waals surface area contributed by atoms with Gasteiger partial charge in [-0.05, 0) is 30.2 Å². The smallest absolute Gasteiger partial charge is 0.319 e. The van der Waals surface area contributed by atoms with Crippen LogP contribution in [0.5, 0.6) is 0 Å². The number of non-ortho nitro benzene ring substituents is 1. The zero-order chi connectivity index (χ0) is 18.2. The molecule has 0 unspecified atom stereocenters. The van der Waals surface area contributed by atoms with Gasteiger partial charge in [0.05, 0.1) is 11.5 Å². The second-order valence-corrected chi connectivity index (χ2v) is 5.38. The number of nitrogens with zero attached hydrogens (tertiary/aromatic N) is 1. The monoisotopic (exact) mass is 342 g/mol. The molecular weight excluding hydrogens is 324 g/mol. The number of hydrogen-bond donors (Lipinski definition) is 3. The highest BCUT2D eigenvalue weighted by molar-refractivity contribution is 5.92. The maximum absolute atomic E-state index is 11.8. The van der Waals surface area contributed by atoms with Crippen molar-refractivity contribution in [2.75, 3.05) is 11.9 Å². The number of urea groups is 1. The normalized spacial score (nSPS) is 9.96. The van der Waals surface area contributed by atoms with Crippen LogP contribution in [-0.2, 0) is 11.3 Å². The van der Waals surface area contributed by atoms with Crippen molar-refractivity contribution in [3.8, 4) is 0 Å². The molecule has 0 aromatic heterocycles. The molecule has 8 heteroatoms. The van der Waals surface area contributed by atoms with E-state index in [9.17, 15) is 19.7 Å². The predicted octanol–water partition coefficient (Wildman–Crippen LogP) is 2.34. The minimum Gasteiger partial charge on any atom is -0.350 e. The fraction of sp³-hybridized carbons (Fsp3) is 0.176. The lowest BCUT2D eigenvalue weighted by Crippen LogP contribution is -2.38. The van der Waals surface area contributed by atoms with Crippen LogP contribution >= 0.6 is 0 Å². The number of rotatable bonds is 6. The van der Waals surface area contributed by atoms with Gasteiger partial charge in [0.2, 0.25) is 5.91 Å². The van der Waals surface area contributed by atoms with Crippen molar-refractivity contribution < 1.29 is 14.5 Å². The molecule has 0 radical (unpaired) electrons. The number of nitrogens with one attached hydrogen (secondary N) is 3. The van der Waals surface area contributed by atoms with Crippen molar-refractivity contribution in [2.45, 2.75) is 13.5 Å². The standard InChI is InChI=1S/C17H18N4O4/c1-12-4-2-6-14(8-12)20-17(23)19-11-16(22)18-10-13-5-3-7-15(9-13)21(24)25/h2-9H,10-11H2,1H3,(H,18,22)(H2,19,20,23). The molecule has 0 bridgehead atoms. The number of carbonyl (C=O) groups excluding carboxylic acids is 2. The molecule has 2 aromatic rings. The van der Waals surface area contributed by atoms with Crippen LogP contribution in [0.3, 0.4) is 0 Å². The van der Waals surface area contributed by atoms with Gasteiger partial charge in [-0.2, -0.15) is 0 Å². The number of carbonyl (C=O) groups is 2. The molecule has 0 aliphatic carbocycles. The highest BCUT2D eigenvalue weighted by atomic mass is 16.6. The van der Waals surface area contributed by atoms with Gasteiger partial charge in [-0.1, -0.05) is 24.3 Å². The third-order valence-electron chi connectivity index (χ3n) is 3.30. The van der Waals surface area contributed by atoms with E-state index in [4.69, 9.17) is 0 Å². The van der Waals surface area contributed by atoms with Crippen molar-refractivity contribution in [3.63, 3.8) is 0 Å². The van der Waals surface area contributed by atoms with Gasteiger partial charge in [-0.3, -0.25) is 14.9 Å². The average Bonchev–Trinajstić information content (AvgIpc) is 2.58. The van der Waals surface area contributed by atoms with E-state index in [1.54, 1.807) is 18.2 Å². The Morgan fingerprint density at radius 3 is 2.56 bits per heavy atom. The number of anilines is 1. The largest absolute Gasteiger partial charge is 0.350 e. The summed E-state index contributed by atoms with van der Waals surface area (Å²) in [4.78, 5) is 33.7. The van der Waals surface area contributed by atoms with E-state index < -0.39 is 16.9 Å². The van der Waals surface area contributed by atoms with Crippen LogP contribution < -0.4 is 16.0 Å². The van der Waals surface area contributed by atoms with E-state index >= 15 is 0 Å². The summed E-state index contributed by atoms with van der Waals surface area (Å²) in [5.41, 5.74) is 2.20.